The van der Waals surface area contributed by atoms with Gasteiger partial charge in [-0.2, -0.15) is 9.81 Å². The van der Waals surface area contributed by atoms with E-state index in [9.17, 15) is 14.9 Å². The lowest BCUT2D eigenvalue weighted by molar-refractivity contribution is -0.121. The van der Waals surface area contributed by atoms with Gasteiger partial charge in [0.25, 0.3) is 0 Å². The average molecular weight is 332 g/mol. The van der Waals surface area contributed by atoms with Crippen LogP contribution in [-0.2, 0) is 0 Å². The molecule has 5 heteroatoms. The van der Waals surface area contributed by atoms with Gasteiger partial charge in [-0.1, -0.05) is 35.9 Å². The van der Waals surface area contributed by atoms with E-state index in [2.05, 4.69) is 30.3 Å². The van der Waals surface area contributed by atoms with Crippen LogP contribution in [0.5, 0.6) is 0 Å². The summed E-state index contributed by atoms with van der Waals surface area (Å²) < 4.78 is 0. The van der Waals surface area contributed by atoms with E-state index in [4.69, 9.17) is 0 Å². The second kappa shape index (κ2) is 5.45. The summed E-state index contributed by atoms with van der Waals surface area (Å²) in [5, 5.41) is 17.8. The molecule has 4 aliphatic carbocycles. The lowest BCUT2D eigenvalue weighted by Crippen LogP contribution is -2.57. The Balaban J connectivity index is 1.71. The first-order valence-electron chi connectivity index (χ1n) is 9.48. The Morgan fingerprint density at radius 1 is 1.12 bits per heavy atom. The Labute approximate surface area is 143 Å². The van der Waals surface area contributed by atoms with Crippen LogP contribution in [0.4, 0.5) is 0 Å². The second-order valence-corrected chi connectivity index (χ2v) is 9.13. The number of rotatable bonds is 2. The number of allylic oxidation sites excluding steroid dienone is 1. The van der Waals surface area contributed by atoms with E-state index in [-0.39, 0.29) is 34.9 Å². The highest BCUT2D eigenvalue weighted by Gasteiger charge is 2.62. The highest BCUT2D eigenvalue weighted by Crippen LogP contribution is 2.65. The molecule has 0 amide bonds. The van der Waals surface area contributed by atoms with Crippen molar-refractivity contribution >= 4 is 0 Å². The van der Waals surface area contributed by atoms with Crippen LogP contribution in [0.2, 0.25) is 0 Å². The molecule has 24 heavy (non-hydrogen) atoms. The smallest absolute Gasteiger partial charge is 0.110 e. The highest BCUT2D eigenvalue weighted by atomic mass is 16.3. The summed E-state index contributed by atoms with van der Waals surface area (Å²) in [4.78, 5) is 22.3. The van der Waals surface area contributed by atoms with Gasteiger partial charge in [0.1, 0.15) is 6.04 Å². The molecule has 0 aromatic rings. The minimum atomic E-state index is -0.381. The zero-order valence-electron chi connectivity index (χ0n) is 14.6. The second-order valence-electron chi connectivity index (χ2n) is 9.13. The molecule has 3 saturated carbocycles. The standard InChI is InChI=1S/C19H28N2O3/c1-18-8-7-12(20-23)9-11(18)3-4-13-14-5-6-16(21-24)19(14,2)10-15(22)17(13)18/h9,12-17,22H,3-8,10H2,1-2H3/t12?,13?,14?,15-,16?,17?,18-,19-/m0/s1. The molecule has 0 aliphatic heterocycles. The number of nitroso groups, excluding NO2 is 2. The van der Waals surface area contributed by atoms with E-state index >= 15 is 0 Å². The monoisotopic (exact) mass is 332 g/mol. The molecular weight excluding hydrogens is 304 g/mol. The van der Waals surface area contributed by atoms with Gasteiger partial charge in [0.15, 0.2) is 0 Å². The minimum Gasteiger partial charge on any atom is -0.393 e. The van der Waals surface area contributed by atoms with E-state index in [1.807, 2.05) is 0 Å². The van der Waals surface area contributed by atoms with E-state index < -0.39 is 0 Å². The maximum absolute atomic E-state index is 11.3. The molecule has 0 bridgehead atoms. The Morgan fingerprint density at radius 2 is 1.92 bits per heavy atom. The van der Waals surface area contributed by atoms with Gasteiger partial charge in [-0.15, -0.1) is 0 Å². The van der Waals surface area contributed by atoms with E-state index in [1.54, 1.807) is 0 Å². The van der Waals surface area contributed by atoms with Gasteiger partial charge in [0, 0.05) is 0 Å². The van der Waals surface area contributed by atoms with Crippen LogP contribution >= 0.6 is 0 Å². The number of nitrogens with zero attached hydrogens (tertiary/aromatic N) is 2. The van der Waals surface area contributed by atoms with Gasteiger partial charge >= 0.3 is 0 Å². The van der Waals surface area contributed by atoms with Crippen LogP contribution in [0.15, 0.2) is 22.0 Å². The lowest BCUT2D eigenvalue weighted by atomic mass is 9.46. The third kappa shape index (κ3) is 2.03. The summed E-state index contributed by atoms with van der Waals surface area (Å²) >= 11 is 0. The molecule has 0 aromatic heterocycles. The third-order valence-corrected chi connectivity index (χ3v) is 8.23. The van der Waals surface area contributed by atoms with Crippen LogP contribution in [0.1, 0.15) is 58.8 Å². The Bertz CT molecular complexity index is 591. The van der Waals surface area contributed by atoms with Gasteiger partial charge in [0.05, 0.1) is 12.1 Å². The van der Waals surface area contributed by atoms with Crippen LogP contribution in [-0.4, -0.2) is 23.3 Å². The van der Waals surface area contributed by atoms with Crippen molar-refractivity contribution in [1.82, 2.24) is 0 Å². The quantitative estimate of drug-likeness (QED) is 0.608. The predicted octanol–water partition coefficient (Wildman–Crippen LogP) is 4.19. The molecule has 0 radical (unpaired) electrons. The molecule has 8 atom stereocenters. The number of fused-ring (bicyclic) bond motifs is 5. The molecular formula is C19H28N2O3. The zero-order valence-corrected chi connectivity index (χ0v) is 14.6. The Morgan fingerprint density at radius 3 is 2.62 bits per heavy atom. The molecule has 0 aromatic carbocycles. The van der Waals surface area contributed by atoms with Crippen molar-refractivity contribution in [3.63, 3.8) is 0 Å². The average Bonchev–Trinajstić information content (AvgIpc) is 2.89. The first kappa shape index (κ1) is 16.4. The van der Waals surface area contributed by atoms with Gasteiger partial charge in [0.2, 0.25) is 0 Å². The fourth-order valence-corrected chi connectivity index (χ4v) is 7.07. The van der Waals surface area contributed by atoms with Crippen molar-refractivity contribution in [3.05, 3.63) is 21.5 Å². The lowest BCUT2D eigenvalue weighted by Gasteiger charge is -2.59. The minimum absolute atomic E-state index is 0.0163. The summed E-state index contributed by atoms with van der Waals surface area (Å²) in [6, 6.07) is -0.330. The molecule has 132 valence electrons. The van der Waals surface area contributed by atoms with Crippen LogP contribution in [0, 0.1) is 38.4 Å². The van der Waals surface area contributed by atoms with E-state index in [1.165, 1.54) is 5.57 Å². The van der Waals surface area contributed by atoms with Crippen LogP contribution < -0.4 is 0 Å². The largest absolute Gasteiger partial charge is 0.393 e. The van der Waals surface area contributed by atoms with Crippen molar-refractivity contribution in [2.75, 3.05) is 0 Å². The molecule has 4 aliphatic rings. The SMILES string of the molecule is C[C@]12C[C@H](O)C3C(CCC4=CC(N=O)CC[C@@]43C)C1CCC2N=O. The normalized spacial score (nSPS) is 53.4. The molecule has 0 saturated heterocycles. The van der Waals surface area contributed by atoms with Gasteiger partial charge in [-0.3, -0.25) is 0 Å². The number of hydrogen-bond donors (Lipinski definition) is 1. The molecule has 1 N–H and O–H groups in total. The predicted molar refractivity (Wildman–Crippen MR) is 92.3 cm³/mol. The summed E-state index contributed by atoms with van der Waals surface area (Å²) in [5.41, 5.74) is 1.18. The molecule has 0 heterocycles. The fraction of sp³-hybridized carbons (Fsp3) is 0.895. The maximum Gasteiger partial charge on any atom is 0.110 e. The molecule has 3 fully saturated rings. The Kier molecular flexibility index (Phi) is 3.72. The third-order valence-electron chi connectivity index (χ3n) is 8.23. The fourth-order valence-electron chi connectivity index (χ4n) is 7.07. The molecule has 0 spiro atoms. The number of hydrogen-bond acceptors (Lipinski definition) is 5. The van der Waals surface area contributed by atoms with E-state index in [0.717, 1.165) is 38.5 Å². The molecule has 5 nitrogen and oxygen atoms in total. The maximum atomic E-state index is 11.3. The van der Waals surface area contributed by atoms with Crippen molar-refractivity contribution in [2.45, 2.75) is 77.0 Å². The first-order valence-corrected chi connectivity index (χ1v) is 9.48. The summed E-state index contributed by atoms with van der Waals surface area (Å²) in [5.74, 6) is 1.20. The first-order chi connectivity index (χ1) is 11.4. The van der Waals surface area contributed by atoms with Crippen molar-refractivity contribution < 1.29 is 5.11 Å². The number of aliphatic hydroxyl groups excluding tert-OH is 1. The molecule has 5 unspecified atom stereocenters. The van der Waals surface area contributed by atoms with Gasteiger partial charge < -0.3 is 5.11 Å². The van der Waals surface area contributed by atoms with Crippen LogP contribution in [0.3, 0.4) is 0 Å². The summed E-state index contributed by atoms with van der Waals surface area (Å²) in [6.45, 7) is 4.46. The summed E-state index contributed by atoms with van der Waals surface area (Å²) in [6.07, 6.45) is 8.11. The number of aliphatic hydroxyl groups is 1. The van der Waals surface area contributed by atoms with Crippen molar-refractivity contribution in [2.24, 2.45) is 38.9 Å². The van der Waals surface area contributed by atoms with Gasteiger partial charge in [-0.05, 0) is 73.5 Å². The molecule has 4 rings (SSSR count). The van der Waals surface area contributed by atoms with E-state index in [0.29, 0.717) is 18.3 Å². The van der Waals surface area contributed by atoms with Crippen LogP contribution in [0.25, 0.3) is 0 Å². The zero-order chi connectivity index (χ0) is 17.1. The van der Waals surface area contributed by atoms with Crippen molar-refractivity contribution in [1.29, 1.82) is 0 Å². The summed E-state index contributed by atoms with van der Waals surface area (Å²) in [7, 11) is 0. The topological polar surface area (TPSA) is 79.1 Å². The van der Waals surface area contributed by atoms with Gasteiger partial charge in [-0.25, -0.2) is 0 Å². The highest BCUT2D eigenvalue weighted by molar-refractivity contribution is 5.27. The Hall–Kier alpha value is -1.10. The van der Waals surface area contributed by atoms with Crippen molar-refractivity contribution in [3.8, 4) is 0 Å².